The molecule has 24 heavy (non-hydrogen) atoms. The number of aromatic nitrogens is 4. The van der Waals surface area contributed by atoms with Crippen LogP contribution in [0.1, 0.15) is 36.0 Å². The molecule has 4 heterocycles. The van der Waals surface area contributed by atoms with Gasteiger partial charge in [-0.25, -0.2) is 15.0 Å². The molecule has 0 bridgehead atoms. The van der Waals surface area contributed by atoms with E-state index in [4.69, 9.17) is 9.97 Å². The first-order valence-corrected chi connectivity index (χ1v) is 9.40. The summed E-state index contributed by atoms with van der Waals surface area (Å²) in [6.45, 7) is 9.78. The molecular weight excluding hydrogens is 318 g/mol. The predicted octanol–water partition coefficient (Wildman–Crippen LogP) is 3.73. The van der Waals surface area contributed by atoms with Crippen molar-refractivity contribution in [2.45, 2.75) is 40.2 Å². The number of fused-ring (bicyclic) bond motifs is 1. The quantitative estimate of drug-likeness (QED) is 0.728. The minimum Gasteiger partial charge on any atom is -0.296 e. The Morgan fingerprint density at radius 3 is 2.71 bits per heavy atom. The molecule has 126 valence electrons. The summed E-state index contributed by atoms with van der Waals surface area (Å²) in [6.07, 6.45) is 8.12. The van der Waals surface area contributed by atoms with Gasteiger partial charge < -0.3 is 0 Å². The second kappa shape index (κ2) is 6.26. The molecule has 1 fully saturated rings. The monoisotopic (exact) mass is 341 g/mol. The lowest BCUT2D eigenvalue weighted by Crippen LogP contribution is -2.33. The van der Waals surface area contributed by atoms with Gasteiger partial charge >= 0.3 is 0 Å². The van der Waals surface area contributed by atoms with Crippen LogP contribution < -0.4 is 0 Å². The van der Waals surface area contributed by atoms with Crippen molar-refractivity contribution >= 4 is 21.6 Å². The fraction of sp³-hybridized carbons (Fsp3) is 0.500. The van der Waals surface area contributed by atoms with Crippen LogP contribution in [0.25, 0.3) is 16.0 Å². The van der Waals surface area contributed by atoms with Crippen molar-refractivity contribution in [1.29, 1.82) is 0 Å². The summed E-state index contributed by atoms with van der Waals surface area (Å²) in [5.41, 5.74) is 1.28. The number of nitrogens with zero attached hydrogens (tertiary/aromatic N) is 5. The van der Waals surface area contributed by atoms with Crippen molar-refractivity contribution in [3.8, 4) is 5.82 Å². The molecule has 0 spiro atoms. The van der Waals surface area contributed by atoms with Crippen molar-refractivity contribution in [2.75, 3.05) is 13.1 Å². The zero-order valence-electron chi connectivity index (χ0n) is 14.5. The Bertz CT molecular complexity index is 844. The van der Waals surface area contributed by atoms with Gasteiger partial charge in [-0.1, -0.05) is 6.92 Å². The van der Waals surface area contributed by atoms with Gasteiger partial charge in [-0.2, -0.15) is 0 Å². The van der Waals surface area contributed by atoms with Gasteiger partial charge in [0.05, 0.1) is 11.9 Å². The zero-order chi connectivity index (χ0) is 16.7. The van der Waals surface area contributed by atoms with Gasteiger partial charge in [0.2, 0.25) is 0 Å². The predicted molar refractivity (Wildman–Crippen MR) is 97.7 cm³/mol. The van der Waals surface area contributed by atoms with E-state index in [0.717, 1.165) is 47.4 Å². The summed E-state index contributed by atoms with van der Waals surface area (Å²) in [4.78, 5) is 18.8. The maximum Gasteiger partial charge on any atom is 0.150 e. The second-order valence-corrected chi connectivity index (χ2v) is 8.06. The number of piperidine rings is 1. The molecule has 0 atom stereocenters. The second-order valence-electron chi connectivity index (χ2n) is 6.86. The third kappa shape index (κ3) is 2.84. The molecule has 0 saturated carbocycles. The van der Waals surface area contributed by atoms with E-state index in [1.807, 2.05) is 17.1 Å². The van der Waals surface area contributed by atoms with Crippen LogP contribution in [0.2, 0.25) is 0 Å². The van der Waals surface area contributed by atoms with E-state index in [1.165, 1.54) is 23.3 Å². The largest absolute Gasteiger partial charge is 0.296 e. The van der Waals surface area contributed by atoms with E-state index in [9.17, 15) is 0 Å². The molecule has 0 radical (unpaired) electrons. The molecule has 3 aromatic rings. The minimum atomic E-state index is 0.834. The molecule has 1 aliphatic heterocycles. The average Bonchev–Trinajstić information content (AvgIpc) is 3.19. The number of thiophene rings is 1. The molecule has 0 aliphatic carbocycles. The maximum absolute atomic E-state index is 4.91. The molecule has 5 nitrogen and oxygen atoms in total. The van der Waals surface area contributed by atoms with Crippen molar-refractivity contribution in [3.05, 3.63) is 35.0 Å². The first kappa shape index (κ1) is 15.7. The average molecular weight is 341 g/mol. The van der Waals surface area contributed by atoms with Gasteiger partial charge in [-0.15, -0.1) is 11.3 Å². The highest BCUT2D eigenvalue weighted by Crippen LogP contribution is 2.32. The SMILES string of the molecule is Cc1sc2nc(CN3CCC(C)CC3)nc(-n3ccnc3)c2c1C. The van der Waals surface area contributed by atoms with E-state index in [-0.39, 0.29) is 0 Å². The number of hydrogen-bond acceptors (Lipinski definition) is 5. The van der Waals surface area contributed by atoms with Crippen LogP contribution in [-0.4, -0.2) is 37.5 Å². The Kier molecular flexibility index (Phi) is 4.10. The van der Waals surface area contributed by atoms with Gasteiger partial charge in [0.1, 0.15) is 17.0 Å². The lowest BCUT2D eigenvalue weighted by Gasteiger charge is -2.29. The third-order valence-corrected chi connectivity index (χ3v) is 6.15. The van der Waals surface area contributed by atoms with Crippen LogP contribution >= 0.6 is 11.3 Å². The van der Waals surface area contributed by atoms with Gasteiger partial charge in [-0.05, 0) is 51.3 Å². The van der Waals surface area contributed by atoms with E-state index in [1.54, 1.807) is 17.5 Å². The number of rotatable bonds is 3. The summed E-state index contributed by atoms with van der Waals surface area (Å²) in [7, 11) is 0. The molecule has 3 aromatic heterocycles. The summed E-state index contributed by atoms with van der Waals surface area (Å²) in [6, 6.07) is 0. The van der Waals surface area contributed by atoms with Crippen LogP contribution in [0.5, 0.6) is 0 Å². The fourth-order valence-corrected chi connectivity index (χ4v) is 4.38. The van der Waals surface area contributed by atoms with Crippen molar-refractivity contribution in [2.24, 2.45) is 5.92 Å². The zero-order valence-corrected chi connectivity index (χ0v) is 15.3. The molecule has 1 saturated heterocycles. The van der Waals surface area contributed by atoms with Crippen LogP contribution in [0, 0.1) is 19.8 Å². The summed E-state index contributed by atoms with van der Waals surface area (Å²) in [5.74, 6) is 2.72. The number of hydrogen-bond donors (Lipinski definition) is 0. The third-order valence-electron chi connectivity index (χ3n) is 5.05. The Labute approximate surface area is 146 Å². The van der Waals surface area contributed by atoms with E-state index in [0.29, 0.717) is 0 Å². The van der Waals surface area contributed by atoms with Crippen LogP contribution in [0.3, 0.4) is 0 Å². The molecular formula is C18H23N5S. The van der Waals surface area contributed by atoms with E-state index < -0.39 is 0 Å². The first-order valence-electron chi connectivity index (χ1n) is 8.59. The van der Waals surface area contributed by atoms with Gasteiger partial charge in [0.15, 0.2) is 5.82 Å². The smallest absolute Gasteiger partial charge is 0.150 e. The van der Waals surface area contributed by atoms with Crippen molar-refractivity contribution < 1.29 is 0 Å². The van der Waals surface area contributed by atoms with Crippen LogP contribution in [0.4, 0.5) is 0 Å². The highest BCUT2D eigenvalue weighted by Gasteiger charge is 2.20. The van der Waals surface area contributed by atoms with E-state index >= 15 is 0 Å². The van der Waals surface area contributed by atoms with Gasteiger partial charge in [0, 0.05) is 17.3 Å². The normalized spacial score (nSPS) is 17.0. The van der Waals surface area contributed by atoms with Crippen LogP contribution in [-0.2, 0) is 6.54 Å². The van der Waals surface area contributed by atoms with Gasteiger partial charge in [0.25, 0.3) is 0 Å². The standard InChI is InChI=1S/C18H23N5S/c1-12-4-7-22(8-5-12)10-15-20-17(23-9-6-19-11-23)16-13(2)14(3)24-18(16)21-15/h6,9,11-12H,4-5,7-8,10H2,1-3H3. The minimum absolute atomic E-state index is 0.834. The number of likely N-dealkylation sites (tertiary alicyclic amines) is 1. The molecule has 0 aromatic carbocycles. The molecule has 0 N–H and O–H groups in total. The maximum atomic E-state index is 4.91. The number of aryl methyl sites for hydroxylation is 2. The summed E-state index contributed by atoms with van der Waals surface area (Å²) >= 11 is 1.76. The Balaban J connectivity index is 1.74. The molecule has 1 aliphatic rings. The molecule has 0 amide bonds. The van der Waals surface area contributed by atoms with Crippen molar-refractivity contribution in [1.82, 2.24) is 24.4 Å². The Morgan fingerprint density at radius 1 is 1.21 bits per heavy atom. The molecule has 0 unspecified atom stereocenters. The topological polar surface area (TPSA) is 46.8 Å². The first-order chi connectivity index (χ1) is 11.6. The highest BCUT2D eigenvalue weighted by molar-refractivity contribution is 7.18. The Hall–Kier alpha value is -1.79. The lowest BCUT2D eigenvalue weighted by atomic mass is 9.99. The van der Waals surface area contributed by atoms with Crippen LogP contribution in [0.15, 0.2) is 18.7 Å². The molecule has 4 rings (SSSR count). The van der Waals surface area contributed by atoms with Gasteiger partial charge in [-0.3, -0.25) is 9.47 Å². The van der Waals surface area contributed by atoms with E-state index in [2.05, 4.69) is 30.7 Å². The van der Waals surface area contributed by atoms with Crippen molar-refractivity contribution in [3.63, 3.8) is 0 Å². The highest BCUT2D eigenvalue weighted by atomic mass is 32.1. The lowest BCUT2D eigenvalue weighted by molar-refractivity contribution is 0.181. The Morgan fingerprint density at radius 2 is 2.00 bits per heavy atom. The summed E-state index contributed by atoms with van der Waals surface area (Å²) < 4.78 is 2.00. The molecule has 6 heteroatoms. The fourth-order valence-electron chi connectivity index (χ4n) is 3.33. The number of imidazole rings is 1. The summed E-state index contributed by atoms with van der Waals surface area (Å²) in [5, 5.41) is 1.16.